The van der Waals surface area contributed by atoms with Gasteiger partial charge in [0.25, 0.3) is 0 Å². The molecule has 160 valence electrons. The Hall–Kier alpha value is -3.33. The number of anilines is 1. The van der Waals surface area contributed by atoms with Crippen molar-refractivity contribution in [1.82, 2.24) is 9.55 Å². The van der Waals surface area contributed by atoms with Crippen LogP contribution in [0.3, 0.4) is 0 Å². The van der Waals surface area contributed by atoms with E-state index in [1.54, 1.807) is 0 Å². The van der Waals surface area contributed by atoms with Gasteiger partial charge in [-0.05, 0) is 48.1 Å². The van der Waals surface area contributed by atoms with E-state index < -0.39 is 28.6 Å². The molecule has 0 radical (unpaired) electrons. The Morgan fingerprint density at radius 1 is 1.29 bits per heavy atom. The zero-order chi connectivity index (χ0) is 22.1. The Bertz CT molecular complexity index is 1290. The number of rotatable bonds is 3. The fourth-order valence-corrected chi connectivity index (χ4v) is 5.01. The monoisotopic (exact) mass is 426 g/mol. The minimum atomic E-state index is -1.44. The molecule has 0 spiro atoms. The molecule has 0 amide bonds. The third-order valence-electron chi connectivity index (χ3n) is 6.63. The molecule has 9 heteroatoms. The molecule has 3 aromatic rings. The molecule has 31 heavy (non-hydrogen) atoms. The van der Waals surface area contributed by atoms with Crippen LogP contribution in [0.25, 0.3) is 16.7 Å². The normalized spacial score (nSPS) is 24.8. The number of carboxylic acid groups (broad SMARTS) is 1. The first-order valence-electron chi connectivity index (χ1n) is 9.93. The summed E-state index contributed by atoms with van der Waals surface area (Å²) in [6, 6.07) is 6.40. The minimum Gasteiger partial charge on any atom is -0.477 e. The third kappa shape index (κ3) is 2.91. The number of aromatic nitrogens is 2. The number of nitrogens with zero attached hydrogens (tertiary/aromatic N) is 3. The van der Waals surface area contributed by atoms with E-state index in [1.165, 1.54) is 28.8 Å². The number of hydrogen-bond donors (Lipinski definition) is 2. The standard InChI is InChI=1S/C22H20F2N4O3/c1-22-7-17(25)15(22)9-27(10-22)20-16(24)6-13-18(29)14(21(30)31)8-28(19(13)26-20)12-4-2-11(23)3-5-12/h2-6,8,15,17H,7,9-10,25H2,1H3,(H,30,31)/t15-,17-,22-/m1/s1. The topological polar surface area (TPSA) is 101 Å². The van der Waals surface area contributed by atoms with Gasteiger partial charge in [-0.3, -0.25) is 4.79 Å². The molecule has 5 rings (SSSR count). The Morgan fingerprint density at radius 2 is 2.00 bits per heavy atom. The molecule has 2 fully saturated rings. The number of halogens is 2. The summed E-state index contributed by atoms with van der Waals surface area (Å²) in [5.74, 6) is -2.28. The van der Waals surface area contributed by atoms with E-state index in [0.29, 0.717) is 18.8 Å². The van der Waals surface area contributed by atoms with Crippen molar-refractivity contribution in [2.45, 2.75) is 19.4 Å². The molecule has 3 N–H and O–H groups in total. The highest BCUT2D eigenvalue weighted by Gasteiger charge is 2.55. The van der Waals surface area contributed by atoms with Gasteiger partial charge in [-0.2, -0.15) is 0 Å². The Balaban J connectivity index is 1.72. The van der Waals surface area contributed by atoms with Crippen molar-refractivity contribution in [2.24, 2.45) is 17.1 Å². The maximum Gasteiger partial charge on any atom is 0.341 e. The van der Waals surface area contributed by atoms with Gasteiger partial charge in [-0.25, -0.2) is 18.6 Å². The largest absolute Gasteiger partial charge is 0.477 e. The SMILES string of the molecule is C[C@]12C[C@@H](N)[C@H]1CN(c1nc3c(cc1F)c(=O)c(C(=O)O)cn3-c1ccc(F)cc1)C2. The number of carboxylic acids is 1. The number of nitrogens with two attached hydrogens (primary N) is 1. The molecule has 0 unspecified atom stereocenters. The first-order valence-corrected chi connectivity index (χ1v) is 9.93. The Morgan fingerprint density at radius 3 is 2.61 bits per heavy atom. The third-order valence-corrected chi connectivity index (χ3v) is 6.63. The molecule has 3 heterocycles. The lowest BCUT2D eigenvalue weighted by Gasteiger charge is -2.46. The van der Waals surface area contributed by atoms with Gasteiger partial charge in [0.15, 0.2) is 17.3 Å². The molecule has 1 saturated heterocycles. The number of pyridine rings is 2. The quantitative estimate of drug-likeness (QED) is 0.668. The van der Waals surface area contributed by atoms with Crippen molar-refractivity contribution in [2.75, 3.05) is 18.0 Å². The van der Waals surface area contributed by atoms with Gasteiger partial charge in [0.05, 0.1) is 5.39 Å². The summed E-state index contributed by atoms with van der Waals surface area (Å²) < 4.78 is 29.9. The van der Waals surface area contributed by atoms with Crippen LogP contribution in [0.5, 0.6) is 0 Å². The average molecular weight is 426 g/mol. The van der Waals surface area contributed by atoms with E-state index in [-0.39, 0.29) is 34.2 Å². The summed E-state index contributed by atoms with van der Waals surface area (Å²) >= 11 is 0. The molecule has 2 aromatic heterocycles. The van der Waals surface area contributed by atoms with Crippen LogP contribution in [0.1, 0.15) is 23.7 Å². The van der Waals surface area contributed by atoms with E-state index in [9.17, 15) is 19.1 Å². The van der Waals surface area contributed by atoms with Crippen LogP contribution in [0, 0.1) is 23.0 Å². The minimum absolute atomic E-state index is 0.00766. The van der Waals surface area contributed by atoms with Crippen LogP contribution in [-0.2, 0) is 0 Å². The molecular weight excluding hydrogens is 406 g/mol. The Kier molecular flexibility index (Phi) is 4.17. The van der Waals surface area contributed by atoms with Crippen LogP contribution >= 0.6 is 0 Å². The van der Waals surface area contributed by atoms with Crippen molar-refractivity contribution in [3.8, 4) is 5.69 Å². The van der Waals surface area contributed by atoms with Crippen LogP contribution in [0.15, 0.2) is 41.3 Å². The van der Waals surface area contributed by atoms with Crippen molar-refractivity contribution in [3.63, 3.8) is 0 Å². The van der Waals surface area contributed by atoms with Crippen molar-refractivity contribution in [1.29, 1.82) is 0 Å². The average Bonchev–Trinajstić information content (AvgIpc) is 2.99. The molecule has 0 bridgehead atoms. The van der Waals surface area contributed by atoms with Crippen molar-refractivity contribution in [3.05, 3.63) is 63.9 Å². The molecule has 1 aliphatic carbocycles. The van der Waals surface area contributed by atoms with Gasteiger partial charge < -0.3 is 20.3 Å². The number of hydrogen-bond acceptors (Lipinski definition) is 5. The number of benzene rings is 1. The summed E-state index contributed by atoms with van der Waals surface area (Å²) in [6.07, 6.45) is 1.99. The van der Waals surface area contributed by atoms with Crippen LogP contribution in [-0.4, -0.2) is 39.8 Å². The number of aromatic carboxylic acids is 1. The second kappa shape index (κ2) is 6.58. The van der Waals surface area contributed by atoms with Gasteiger partial charge in [0.1, 0.15) is 11.4 Å². The number of carbonyl (C=O) groups is 1. The fraction of sp³-hybridized carbons (Fsp3) is 0.318. The lowest BCUT2D eigenvalue weighted by atomic mass is 9.60. The molecule has 1 saturated carbocycles. The van der Waals surface area contributed by atoms with Crippen LogP contribution in [0.4, 0.5) is 14.6 Å². The first kappa shape index (κ1) is 19.6. The summed E-state index contributed by atoms with van der Waals surface area (Å²) in [5.41, 5.74) is 5.27. The predicted octanol–water partition coefficient (Wildman–Crippen LogP) is 2.54. The molecule has 7 nitrogen and oxygen atoms in total. The van der Waals surface area contributed by atoms with Gasteiger partial charge in [-0.15, -0.1) is 0 Å². The lowest BCUT2D eigenvalue weighted by Crippen LogP contribution is -2.53. The molecule has 1 aromatic carbocycles. The van der Waals surface area contributed by atoms with Gasteiger partial charge in [0.2, 0.25) is 5.43 Å². The van der Waals surface area contributed by atoms with Crippen LogP contribution in [0.2, 0.25) is 0 Å². The highest BCUT2D eigenvalue weighted by atomic mass is 19.1. The van der Waals surface area contributed by atoms with E-state index in [2.05, 4.69) is 11.9 Å². The lowest BCUT2D eigenvalue weighted by molar-refractivity contribution is 0.0695. The predicted molar refractivity (Wildman–Crippen MR) is 111 cm³/mol. The fourth-order valence-electron chi connectivity index (χ4n) is 5.01. The maximum absolute atomic E-state index is 15.1. The van der Waals surface area contributed by atoms with E-state index >= 15 is 4.39 Å². The first-order chi connectivity index (χ1) is 14.7. The molecule has 2 aliphatic rings. The van der Waals surface area contributed by atoms with Crippen molar-refractivity contribution >= 4 is 22.8 Å². The second-order valence-electron chi connectivity index (χ2n) is 8.70. The highest BCUT2D eigenvalue weighted by Crippen LogP contribution is 2.51. The Labute approximate surface area is 175 Å². The number of fused-ring (bicyclic) bond motifs is 2. The summed E-state index contributed by atoms with van der Waals surface area (Å²) in [7, 11) is 0. The maximum atomic E-state index is 15.1. The van der Waals surface area contributed by atoms with E-state index in [4.69, 9.17) is 5.73 Å². The smallest absolute Gasteiger partial charge is 0.341 e. The van der Waals surface area contributed by atoms with Crippen LogP contribution < -0.4 is 16.1 Å². The zero-order valence-corrected chi connectivity index (χ0v) is 16.7. The molecular formula is C22H20F2N4O3. The second-order valence-corrected chi connectivity index (χ2v) is 8.70. The summed E-state index contributed by atoms with van der Waals surface area (Å²) in [6.45, 7) is 3.27. The zero-order valence-electron chi connectivity index (χ0n) is 16.7. The molecule has 1 aliphatic heterocycles. The van der Waals surface area contributed by atoms with Gasteiger partial charge >= 0.3 is 5.97 Å². The molecule has 3 atom stereocenters. The van der Waals surface area contributed by atoms with Gasteiger partial charge in [0, 0.05) is 31.0 Å². The van der Waals surface area contributed by atoms with E-state index in [0.717, 1.165) is 18.7 Å². The van der Waals surface area contributed by atoms with Gasteiger partial charge in [-0.1, -0.05) is 6.92 Å². The van der Waals surface area contributed by atoms with Crippen molar-refractivity contribution < 1.29 is 18.7 Å². The summed E-state index contributed by atoms with van der Waals surface area (Å²) in [5, 5.41) is 9.29. The highest BCUT2D eigenvalue weighted by molar-refractivity contribution is 5.92. The summed E-state index contributed by atoms with van der Waals surface area (Å²) in [4.78, 5) is 30.6. The van der Waals surface area contributed by atoms with E-state index in [1.807, 2.05) is 4.90 Å².